The Bertz CT molecular complexity index is 340. The zero-order valence-electron chi connectivity index (χ0n) is 10.9. The van der Waals surface area contributed by atoms with Gasteiger partial charge in [-0.15, -0.1) is 0 Å². The van der Waals surface area contributed by atoms with Crippen molar-refractivity contribution in [1.29, 1.82) is 0 Å². The molecule has 0 atom stereocenters. The average Bonchev–Trinajstić information content (AvgIpc) is 2.99. The standard InChI is InChI=1S/C15H23N/c1-12(2)8-10-16-11-14(13-5-6-13)7-9-15(16,3)4/h7-13H,5-6H2,1-4H3/b10-8-. The van der Waals surface area contributed by atoms with Gasteiger partial charge < -0.3 is 4.90 Å². The maximum Gasteiger partial charge on any atom is 0.0568 e. The molecular weight excluding hydrogens is 194 g/mol. The van der Waals surface area contributed by atoms with Crippen molar-refractivity contribution in [3.8, 4) is 0 Å². The Morgan fingerprint density at radius 2 is 2.06 bits per heavy atom. The van der Waals surface area contributed by atoms with Crippen LogP contribution in [0.4, 0.5) is 0 Å². The summed E-state index contributed by atoms with van der Waals surface area (Å²) < 4.78 is 0. The summed E-state index contributed by atoms with van der Waals surface area (Å²) in [6.07, 6.45) is 14.2. The highest BCUT2D eigenvalue weighted by Crippen LogP contribution is 2.40. The van der Waals surface area contributed by atoms with Crippen LogP contribution in [-0.4, -0.2) is 10.4 Å². The number of hydrogen-bond donors (Lipinski definition) is 0. The Kier molecular flexibility index (Phi) is 2.96. The molecule has 0 bridgehead atoms. The van der Waals surface area contributed by atoms with Crippen molar-refractivity contribution in [2.45, 2.75) is 46.1 Å². The van der Waals surface area contributed by atoms with E-state index in [0.717, 1.165) is 5.92 Å². The maximum absolute atomic E-state index is 2.35. The number of rotatable bonds is 3. The third-order valence-corrected chi connectivity index (χ3v) is 3.32. The van der Waals surface area contributed by atoms with Gasteiger partial charge in [0.1, 0.15) is 0 Å². The third-order valence-electron chi connectivity index (χ3n) is 3.32. The van der Waals surface area contributed by atoms with Crippen LogP contribution in [0.3, 0.4) is 0 Å². The first-order valence-electron chi connectivity index (χ1n) is 6.37. The highest BCUT2D eigenvalue weighted by Gasteiger charge is 2.30. The molecule has 0 spiro atoms. The first-order chi connectivity index (χ1) is 7.49. The summed E-state index contributed by atoms with van der Waals surface area (Å²) in [5.41, 5.74) is 1.62. The van der Waals surface area contributed by atoms with Gasteiger partial charge >= 0.3 is 0 Å². The van der Waals surface area contributed by atoms with E-state index >= 15 is 0 Å². The molecule has 2 aliphatic rings. The van der Waals surface area contributed by atoms with E-state index in [2.05, 4.69) is 63.2 Å². The molecule has 1 aliphatic carbocycles. The van der Waals surface area contributed by atoms with Crippen LogP contribution in [0.5, 0.6) is 0 Å². The van der Waals surface area contributed by atoms with Crippen LogP contribution in [0.25, 0.3) is 0 Å². The van der Waals surface area contributed by atoms with Crippen molar-refractivity contribution in [2.75, 3.05) is 0 Å². The summed E-state index contributed by atoms with van der Waals surface area (Å²) >= 11 is 0. The summed E-state index contributed by atoms with van der Waals surface area (Å²) in [5, 5.41) is 0. The molecule has 0 radical (unpaired) electrons. The van der Waals surface area contributed by atoms with Gasteiger partial charge in [0.15, 0.2) is 0 Å². The predicted octanol–water partition coefficient (Wildman–Crippen LogP) is 4.10. The largest absolute Gasteiger partial charge is 0.345 e. The number of allylic oxidation sites excluding steroid dienone is 3. The second-order valence-electron chi connectivity index (χ2n) is 5.88. The van der Waals surface area contributed by atoms with E-state index in [4.69, 9.17) is 0 Å². The Hall–Kier alpha value is -0.980. The average molecular weight is 217 g/mol. The molecule has 1 fully saturated rings. The molecule has 1 aliphatic heterocycles. The van der Waals surface area contributed by atoms with Crippen molar-refractivity contribution in [3.05, 3.63) is 36.2 Å². The van der Waals surface area contributed by atoms with Crippen LogP contribution < -0.4 is 0 Å². The van der Waals surface area contributed by atoms with E-state index in [-0.39, 0.29) is 5.54 Å². The topological polar surface area (TPSA) is 3.24 Å². The van der Waals surface area contributed by atoms with E-state index in [0.29, 0.717) is 5.92 Å². The zero-order chi connectivity index (χ0) is 11.8. The molecule has 1 heterocycles. The molecule has 0 aromatic carbocycles. The molecule has 2 rings (SSSR count). The van der Waals surface area contributed by atoms with Gasteiger partial charge in [0.05, 0.1) is 5.54 Å². The minimum atomic E-state index is 0.115. The molecule has 88 valence electrons. The summed E-state index contributed by atoms with van der Waals surface area (Å²) in [6.45, 7) is 8.95. The molecule has 0 saturated heterocycles. The van der Waals surface area contributed by atoms with Gasteiger partial charge in [-0.2, -0.15) is 0 Å². The van der Waals surface area contributed by atoms with Gasteiger partial charge in [-0.25, -0.2) is 0 Å². The lowest BCUT2D eigenvalue weighted by Gasteiger charge is -2.36. The van der Waals surface area contributed by atoms with Crippen LogP contribution in [0.15, 0.2) is 36.2 Å². The zero-order valence-corrected chi connectivity index (χ0v) is 10.9. The smallest absolute Gasteiger partial charge is 0.0568 e. The first-order valence-corrected chi connectivity index (χ1v) is 6.37. The maximum atomic E-state index is 2.35. The second-order valence-corrected chi connectivity index (χ2v) is 5.88. The Labute approximate surface area is 99.5 Å². The van der Waals surface area contributed by atoms with Crippen molar-refractivity contribution in [3.63, 3.8) is 0 Å². The fourth-order valence-corrected chi connectivity index (χ4v) is 1.91. The van der Waals surface area contributed by atoms with E-state index < -0.39 is 0 Å². The minimum absolute atomic E-state index is 0.115. The summed E-state index contributed by atoms with van der Waals surface area (Å²) in [4.78, 5) is 2.35. The number of nitrogens with zero attached hydrogens (tertiary/aromatic N) is 1. The minimum Gasteiger partial charge on any atom is -0.345 e. The monoisotopic (exact) mass is 217 g/mol. The van der Waals surface area contributed by atoms with Crippen molar-refractivity contribution < 1.29 is 0 Å². The van der Waals surface area contributed by atoms with Crippen molar-refractivity contribution >= 4 is 0 Å². The Balaban J connectivity index is 2.15. The van der Waals surface area contributed by atoms with Crippen molar-refractivity contribution in [2.24, 2.45) is 11.8 Å². The van der Waals surface area contributed by atoms with Crippen LogP contribution in [0.2, 0.25) is 0 Å². The molecule has 16 heavy (non-hydrogen) atoms. The fourth-order valence-electron chi connectivity index (χ4n) is 1.91. The van der Waals surface area contributed by atoms with Gasteiger partial charge in [-0.05, 0) is 44.1 Å². The summed E-state index contributed by atoms with van der Waals surface area (Å²) in [6, 6.07) is 0. The van der Waals surface area contributed by atoms with Crippen LogP contribution in [0.1, 0.15) is 40.5 Å². The molecule has 0 aromatic heterocycles. The molecule has 0 unspecified atom stereocenters. The van der Waals surface area contributed by atoms with Gasteiger partial charge in [-0.1, -0.05) is 32.1 Å². The Morgan fingerprint density at radius 3 is 2.62 bits per heavy atom. The van der Waals surface area contributed by atoms with E-state index in [1.807, 2.05) is 0 Å². The predicted molar refractivity (Wildman–Crippen MR) is 69.8 cm³/mol. The SMILES string of the molecule is CC(C)/C=C\N1C=C(C2CC2)C=CC1(C)C. The van der Waals surface area contributed by atoms with Gasteiger partial charge in [0, 0.05) is 12.4 Å². The van der Waals surface area contributed by atoms with Gasteiger partial charge in [0.25, 0.3) is 0 Å². The van der Waals surface area contributed by atoms with Crippen molar-refractivity contribution in [1.82, 2.24) is 4.90 Å². The van der Waals surface area contributed by atoms with Crippen LogP contribution >= 0.6 is 0 Å². The normalized spacial score (nSPS) is 24.3. The van der Waals surface area contributed by atoms with E-state index in [1.54, 1.807) is 0 Å². The highest BCUT2D eigenvalue weighted by molar-refractivity contribution is 5.32. The molecular formula is C15H23N. The molecule has 0 amide bonds. The van der Waals surface area contributed by atoms with Crippen LogP contribution in [0, 0.1) is 11.8 Å². The molecule has 0 N–H and O–H groups in total. The molecule has 0 aromatic rings. The molecule has 1 saturated carbocycles. The summed E-state index contributed by atoms with van der Waals surface area (Å²) in [7, 11) is 0. The second kappa shape index (κ2) is 4.12. The van der Waals surface area contributed by atoms with Crippen LogP contribution in [-0.2, 0) is 0 Å². The van der Waals surface area contributed by atoms with E-state index in [1.165, 1.54) is 18.4 Å². The molecule has 1 heteroatoms. The lowest BCUT2D eigenvalue weighted by Crippen LogP contribution is -2.36. The third kappa shape index (κ3) is 2.58. The van der Waals surface area contributed by atoms with Gasteiger partial charge in [0.2, 0.25) is 0 Å². The lowest BCUT2D eigenvalue weighted by molar-refractivity contribution is 0.310. The number of hydrogen-bond acceptors (Lipinski definition) is 1. The Morgan fingerprint density at radius 1 is 1.38 bits per heavy atom. The van der Waals surface area contributed by atoms with E-state index in [9.17, 15) is 0 Å². The highest BCUT2D eigenvalue weighted by atomic mass is 15.2. The van der Waals surface area contributed by atoms with Gasteiger partial charge in [-0.3, -0.25) is 0 Å². The summed E-state index contributed by atoms with van der Waals surface area (Å²) in [5.74, 6) is 1.45. The lowest BCUT2D eigenvalue weighted by atomic mass is 9.96. The molecule has 1 nitrogen and oxygen atoms in total. The quantitative estimate of drug-likeness (QED) is 0.688. The first kappa shape index (κ1) is 11.5. The fraction of sp³-hybridized carbons (Fsp3) is 0.600.